The molecule has 0 aliphatic carbocycles. The number of methoxy groups -OCH3 is 2. The van der Waals surface area contributed by atoms with E-state index < -0.39 is 278 Å². The molecular weight excluding hydrogens is 1300 g/mol. The molecule has 21 N–H and O–H groups in total. The summed E-state index contributed by atoms with van der Waals surface area (Å²) in [6, 6.07) is -2.90. The van der Waals surface area contributed by atoms with Crippen molar-refractivity contribution in [2.45, 2.75) is 280 Å². The summed E-state index contributed by atoms with van der Waals surface area (Å²) < 4.78 is 88.0. The number of hydrogen-bond acceptors (Lipinski definition) is 37. The first-order chi connectivity index (χ1) is 45.5. The van der Waals surface area contributed by atoms with Gasteiger partial charge in [-0.3, -0.25) is 14.4 Å². The van der Waals surface area contributed by atoms with Gasteiger partial charge in [0, 0.05) is 40.0 Å². The number of carbonyl (C=O) groups is 3. The summed E-state index contributed by atoms with van der Waals surface area (Å²) in [7, 11) is 3.93. The van der Waals surface area contributed by atoms with Gasteiger partial charge in [0.05, 0.1) is 57.9 Å². The molecule has 0 saturated carbocycles. The van der Waals surface area contributed by atoms with Crippen molar-refractivity contribution < 1.29 is 177 Å². The monoisotopic (exact) mass is 1400 g/mol. The maximum absolute atomic E-state index is 13.4. The molecule has 7 fully saturated rings. The summed E-state index contributed by atoms with van der Waals surface area (Å²) in [5, 5.41) is 209. The molecule has 0 radical (unpaired) electrons. The number of unbranched alkanes of at least 4 members (excludes halogenated alkanes) is 1. The van der Waals surface area contributed by atoms with Crippen LogP contribution in [0.1, 0.15) is 59.8 Å². The van der Waals surface area contributed by atoms with Crippen molar-refractivity contribution in [1.29, 1.82) is 0 Å². The lowest BCUT2D eigenvalue weighted by molar-refractivity contribution is -0.404. The second-order valence-corrected chi connectivity index (χ2v) is 25.2. The smallest absolute Gasteiger partial charge is 0.229 e. The molecule has 0 aromatic carbocycles. The SMILES string of the molecule is CCCCC(C)(CC(O)C1O[C@@](C=O)(O[C@@H]2C(O[C@@H]3OC(CO)[C@@H](O)C(O[C@@H]4OC(CO)[C@@H](O[C@@H]5OC(CO[C@@H]6OC(CO)[C@H](O)[C@H](O)C6O)[C@H](O)C(O[C@@H]6OC(CO)[C@@H](OC)C(O)[C@@H]6NC(C)=O)[C@@H]5O)C(O)[C@@H]4O)[C@@H]3O)[C@H](OC)OC(CO)[C@@H]2O)C[C@@H](O)[C@@H]1NC(C)=O)NC. The predicted octanol–water partition coefficient (Wildman–Crippen LogP) is -12.2. The van der Waals surface area contributed by atoms with Crippen molar-refractivity contribution in [1.82, 2.24) is 16.0 Å². The lowest BCUT2D eigenvalue weighted by atomic mass is 9.83. The number of nitrogens with one attached hydrogen (secondary N) is 3. The van der Waals surface area contributed by atoms with Crippen molar-refractivity contribution >= 4 is 18.1 Å². The van der Waals surface area contributed by atoms with Crippen LogP contribution in [0, 0.1) is 0 Å². The van der Waals surface area contributed by atoms with E-state index in [1.807, 2.05) is 13.8 Å². The highest BCUT2D eigenvalue weighted by atomic mass is 16.8. The highest BCUT2D eigenvalue weighted by Gasteiger charge is 2.61. The molecule has 15 unspecified atom stereocenters. The van der Waals surface area contributed by atoms with Gasteiger partial charge in [0.25, 0.3) is 0 Å². The third-order valence-electron chi connectivity index (χ3n) is 18.5. The van der Waals surface area contributed by atoms with Crippen LogP contribution < -0.4 is 16.0 Å². The van der Waals surface area contributed by atoms with Crippen molar-refractivity contribution in [2.75, 3.05) is 60.9 Å². The second kappa shape index (κ2) is 35.4. The van der Waals surface area contributed by atoms with Crippen LogP contribution in [0.15, 0.2) is 0 Å². The quantitative estimate of drug-likeness (QED) is 0.0297. The summed E-state index contributed by atoms with van der Waals surface area (Å²) in [5.41, 5.74) is -0.744. The van der Waals surface area contributed by atoms with Crippen molar-refractivity contribution in [3.8, 4) is 0 Å². The lowest BCUT2D eigenvalue weighted by Crippen LogP contribution is -2.70. The Labute approximate surface area is 550 Å². The van der Waals surface area contributed by atoms with Crippen LogP contribution in [0.25, 0.3) is 0 Å². The maximum Gasteiger partial charge on any atom is 0.229 e. The summed E-state index contributed by atoms with van der Waals surface area (Å²) >= 11 is 0. The number of ether oxygens (including phenoxy) is 15. The highest BCUT2D eigenvalue weighted by Crippen LogP contribution is 2.41. The fourth-order valence-electron chi connectivity index (χ4n) is 13.0. The number of rotatable bonds is 30. The molecule has 0 bridgehead atoms. The van der Waals surface area contributed by atoms with Crippen LogP contribution in [-0.2, 0) is 85.4 Å². The first kappa shape index (κ1) is 80.6. The van der Waals surface area contributed by atoms with Gasteiger partial charge in [-0.05, 0) is 26.8 Å². The molecule has 39 heteroatoms. The molecule has 7 aliphatic heterocycles. The Morgan fingerprint density at radius 3 is 1.53 bits per heavy atom. The van der Waals surface area contributed by atoms with E-state index in [1.54, 1.807) is 7.05 Å². The average Bonchev–Trinajstić information content (AvgIpc) is 0.765. The minimum atomic E-state index is -2.62. The van der Waals surface area contributed by atoms with E-state index in [4.69, 9.17) is 71.1 Å². The number of carbonyl (C=O) groups excluding carboxylic acids is 3. The normalized spacial score (nSPS) is 46.5. The Morgan fingerprint density at radius 1 is 0.531 bits per heavy atom. The molecule has 7 saturated heterocycles. The van der Waals surface area contributed by atoms with Gasteiger partial charge in [0.2, 0.25) is 17.6 Å². The number of hydrogen-bond donors (Lipinski definition) is 21. The number of aldehydes is 1. The van der Waals surface area contributed by atoms with Crippen LogP contribution in [0.2, 0.25) is 0 Å². The first-order valence-electron chi connectivity index (χ1n) is 31.6. The topological polar surface area (TPSA) is 590 Å². The van der Waals surface area contributed by atoms with E-state index in [1.165, 1.54) is 7.11 Å². The van der Waals surface area contributed by atoms with Crippen molar-refractivity contribution in [3.63, 3.8) is 0 Å². The van der Waals surface area contributed by atoms with Gasteiger partial charge in [-0.1, -0.05) is 19.8 Å². The largest absolute Gasteiger partial charge is 0.394 e. The Morgan fingerprint density at radius 2 is 0.990 bits per heavy atom. The fraction of sp³-hybridized carbons (Fsp3) is 0.947. The molecule has 0 spiro atoms. The number of aliphatic hydroxyl groups is 18. The fourth-order valence-corrected chi connectivity index (χ4v) is 13.0. The standard InChI is InChI=1S/C57H99N3O36/c1-8-9-10-56(4,58-5)11-23(70)43-30(59-20(2)67)22(69)12-57(19-66,95-43)96-48-34(73)26(15-63)87-55(83-7)49(48)94-53-41(80)46(33(72)25(14-62)86-53)93-52-40(79)38(77)45(28(17-65)89-52)91-54-42(81)47(92-50-31(60-21(3)68)36(75)44(82-6)27(16-64)88-50)35(74)29(90-54)18-84-51-39(78)37(76)32(71)24(13-61)85-51/h19,22-55,58,61-65,69-81H,8-18H2,1-7H3,(H,59,67)(H,60,68)/t22-,23?,24?,25?,26?,27?,28?,29?,30+,31+,32+,33-,34+,35+,36?,37+,38?,39?,40+,41+,42+,43?,44-,45-,46?,47?,48+,49?,50+,51-,52+,53+,54+,55-,56?,57-/m1/s1. The molecule has 7 heterocycles. The Bertz CT molecular complexity index is 2400. The molecule has 36 atom stereocenters. The number of amides is 2. The van der Waals surface area contributed by atoms with Crippen molar-refractivity contribution in [3.05, 3.63) is 0 Å². The minimum Gasteiger partial charge on any atom is -0.394 e. The van der Waals surface area contributed by atoms with E-state index in [9.17, 15) is 106 Å². The van der Waals surface area contributed by atoms with E-state index in [2.05, 4.69) is 16.0 Å². The summed E-state index contributed by atoms with van der Waals surface area (Å²) in [6.45, 7) is 0.302. The molecule has 39 nitrogen and oxygen atoms in total. The van der Waals surface area contributed by atoms with Gasteiger partial charge in [-0.15, -0.1) is 0 Å². The van der Waals surface area contributed by atoms with Crippen LogP contribution in [0.5, 0.6) is 0 Å². The first-order valence-corrected chi connectivity index (χ1v) is 31.6. The van der Waals surface area contributed by atoms with E-state index in [0.29, 0.717) is 6.42 Å². The number of aliphatic hydroxyl groups excluding tert-OH is 18. The lowest BCUT2D eigenvalue weighted by Gasteiger charge is -2.52. The van der Waals surface area contributed by atoms with Crippen molar-refractivity contribution in [2.24, 2.45) is 0 Å². The zero-order valence-corrected chi connectivity index (χ0v) is 53.9. The van der Waals surface area contributed by atoms with Gasteiger partial charge in [-0.2, -0.15) is 0 Å². The zero-order valence-electron chi connectivity index (χ0n) is 53.9. The highest BCUT2D eigenvalue weighted by molar-refractivity contribution is 5.74. The average molecular weight is 1400 g/mol. The molecule has 0 aromatic heterocycles. The van der Waals surface area contributed by atoms with Gasteiger partial charge in [0.15, 0.2) is 44.0 Å². The van der Waals surface area contributed by atoms with Crippen LogP contribution >= 0.6 is 0 Å². The Balaban J connectivity index is 1.13. The van der Waals surface area contributed by atoms with E-state index >= 15 is 0 Å². The molecule has 7 rings (SSSR count). The molecule has 96 heavy (non-hydrogen) atoms. The zero-order chi connectivity index (χ0) is 71.0. The summed E-state index contributed by atoms with van der Waals surface area (Å²) in [4.78, 5) is 38.4. The van der Waals surface area contributed by atoms with Crippen LogP contribution in [0.4, 0.5) is 0 Å². The summed E-state index contributed by atoms with van der Waals surface area (Å²) in [5.74, 6) is -4.01. The predicted molar refractivity (Wildman–Crippen MR) is 309 cm³/mol. The molecule has 2 amide bonds. The van der Waals surface area contributed by atoms with Gasteiger partial charge >= 0.3 is 0 Å². The molecule has 558 valence electrons. The molecule has 0 aromatic rings. The van der Waals surface area contributed by atoms with E-state index in [-0.39, 0.29) is 12.7 Å². The van der Waals surface area contributed by atoms with Crippen LogP contribution in [0.3, 0.4) is 0 Å². The van der Waals surface area contributed by atoms with Crippen LogP contribution in [-0.4, -0.2) is 391 Å². The van der Waals surface area contributed by atoms with E-state index in [0.717, 1.165) is 33.8 Å². The third-order valence-corrected chi connectivity index (χ3v) is 18.5. The summed E-state index contributed by atoms with van der Waals surface area (Å²) in [6.07, 6.45) is -59.6. The Kier molecular flexibility index (Phi) is 29.7. The Hall–Kier alpha value is -2.75. The molecular formula is C57H99N3O36. The minimum absolute atomic E-state index is 0.0517. The molecule has 7 aliphatic rings. The van der Waals surface area contributed by atoms with Gasteiger partial charge < -0.3 is 179 Å². The van der Waals surface area contributed by atoms with Gasteiger partial charge in [0.1, 0.15) is 153 Å². The maximum atomic E-state index is 13.4. The third kappa shape index (κ3) is 18.0. The second-order valence-electron chi connectivity index (χ2n) is 25.2. The van der Waals surface area contributed by atoms with Gasteiger partial charge in [-0.25, -0.2) is 0 Å².